The molecule has 0 fully saturated rings. The highest BCUT2D eigenvalue weighted by atomic mass is 35.5. The Morgan fingerprint density at radius 1 is 1.25 bits per heavy atom. The van der Waals surface area contributed by atoms with Crippen molar-refractivity contribution in [2.75, 3.05) is 25.0 Å². The van der Waals surface area contributed by atoms with Crippen molar-refractivity contribution in [3.63, 3.8) is 0 Å². The molecule has 1 aromatic rings. The number of rotatable bonds is 8. The number of benzene rings is 1. The van der Waals surface area contributed by atoms with Crippen molar-refractivity contribution >= 4 is 29.2 Å². The Morgan fingerprint density at radius 2 is 1.90 bits per heavy atom. The number of hydrogen-bond donors (Lipinski definition) is 2. The van der Waals surface area contributed by atoms with Crippen LogP contribution in [0.4, 0.5) is 5.69 Å². The lowest BCUT2D eigenvalue weighted by Crippen LogP contribution is -2.33. The van der Waals surface area contributed by atoms with Crippen LogP contribution >= 0.6 is 11.6 Å². The van der Waals surface area contributed by atoms with Gasteiger partial charge in [0.2, 0.25) is 5.91 Å². The van der Waals surface area contributed by atoms with Crippen LogP contribution in [0.5, 0.6) is 0 Å². The summed E-state index contributed by atoms with van der Waals surface area (Å²) in [5.74, 6) is -1.02. The second-order valence-electron chi connectivity index (χ2n) is 4.47. The minimum Gasteiger partial charge on any atom is -0.480 e. The standard InChI is InChI=1S/C14H19ClN2O3/c1-2-8-17(10-14(19)20)9-7-13(18)16-12-5-3-11(15)4-6-12/h3-6H,2,7-10H2,1H3,(H,16,18)(H,19,20). The molecule has 6 heteroatoms. The van der Waals surface area contributed by atoms with Crippen molar-refractivity contribution in [3.8, 4) is 0 Å². The first kappa shape index (κ1) is 16.5. The maximum absolute atomic E-state index is 11.8. The Labute approximate surface area is 123 Å². The molecule has 0 bridgehead atoms. The van der Waals surface area contributed by atoms with Gasteiger partial charge in [-0.15, -0.1) is 0 Å². The van der Waals surface area contributed by atoms with Gasteiger partial charge in [0.05, 0.1) is 6.54 Å². The topological polar surface area (TPSA) is 69.6 Å². The van der Waals surface area contributed by atoms with E-state index in [-0.39, 0.29) is 18.9 Å². The summed E-state index contributed by atoms with van der Waals surface area (Å²) in [6.07, 6.45) is 1.11. The number of anilines is 1. The summed E-state index contributed by atoms with van der Waals surface area (Å²) < 4.78 is 0. The number of carbonyl (C=O) groups excluding carboxylic acids is 1. The molecule has 0 saturated heterocycles. The van der Waals surface area contributed by atoms with Crippen LogP contribution < -0.4 is 5.32 Å². The van der Waals surface area contributed by atoms with Crippen molar-refractivity contribution in [1.82, 2.24) is 4.90 Å². The molecule has 0 heterocycles. The molecule has 1 aromatic carbocycles. The van der Waals surface area contributed by atoms with Gasteiger partial charge in [-0.05, 0) is 37.2 Å². The molecule has 0 atom stereocenters. The first-order valence-corrected chi connectivity index (χ1v) is 6.88. The Bertz CT molecular complexity index is 448. The van der Waals surface area contributed by atoms with Gasteiger partial charge in [-0.2, -0.15) is 0 Å². The molecule has 0 spiro atoms. The third kappa shape index (κ3) is 6.54. The van der Waals surface area contributed by atoms with Crippen molar-refractivity contribution < 1.29 is 14.7 Å². The lowest BCUT2D eigenvalue weighted by Gasteiger charge is -2.18. The molecule has 0 aliphatic carbocycles. The lowest BCUT2D eigenvalue weighted by molar-refractivity contribution is -0.138. The van der Waals surface area contributed by atoms with Crippen molar-refractivity contribution in [1.29, 1.82) is 0 Å². The number of hydrogen-bond acceptors (Lipinski definition) is 3. The summed E-state index contributed by atoms with van der Waals surface area (Å²) >= 11 is 5.76. The van der Waals surface area contributed by atoms with E-state index in [9.17, 15) is 9.59 Å². The predicted octanol–water partition coefficient (Wildman–Crippen LogP) is 2.47. The molecule has 5 nitrogen and oxygen atoms in total. The molecule has 0 saturated carbocycles. The molecule has 20 heavy (non-hydrogen) atoms. The van der Waals surface area contributed by atoms with E-state index in [1.54, 1.807) is 29.2 Å². The maximum atomic E-state index is 11.8. The Morgan fingerprint density at radius 3 is 2.45 bits per heavy atom. The van der Waals surface area contributed by atoms with E-state index in [1.807, 2.05) is 6.92 Å². The van der Waals surface area contributed by atoms with E-state index in [0.29, 0.717) is 23.8 Å². The van der Waals surface area contributed by atoms with Crippen LogP contribution in [-0.2, 0) is 9.59 Å². The van der Waals surface area contributed by atoms with E-state index in [4.69, 9.17) is 16.7 Å². The first-order chi connectivity index (χ1) is 9.51. The molecule has 0 unspecified atom stereocenters. The SMILES string of the molecule is CCCN(CCC(=O)Nc1ccc(Cl)cc1)CC(=O)O. The van der Waals surface area contributed by atoms with Crippen LogP contribution in [0, 0.1) is 0 Å². The average Bonchev–Trinajstić information content (AvgIpc) is 2.38. The van der Waals surface area contributed by atoms with Crippen molar-refractivity contribution in [2.45, 2.75) is 19.8 Å². The van der Waals surface area contributed by atoms with Gasteiger partial charge in [-0.1, -0.05) is 18.5 Å². The highest BCUT2D eigenvalue weighted by Gasteiger charge is 2.11. The predicted molar refractivity (Wildman–Crippen MR) is 79.1 cm³/mol. The number of nitrogens with zero attached hydrogens (tertiary/aromatic N) is 1. The van der Waals surface area contributed by atoms with Crippen LogP contribution in [0.3, 0.4) is 0 Å². The number of halogens is 1. The highest BCUT2D eigenvalue weighted by Crippen LogP contribution is 2.13. The number of aliphatic carboxylic acids is 1. The Hall–Kier alpha value is -1.59. The molecular formula is C14H19ClN2O3. The Balaban J connectivity index is 2.40. The van der Waals surface area contributed by atoms with Gasteiger partial charge in [-0.3, -0.25) is 14.5 Å². The number of carboxylic acids is 1. The fourth-order valence-electron chi connectivity index (χ4n) is 1.79. The van der Waals surface area contributed by atoms with Crippen LogP contribution in [0.25, 0.3) is 0 Å². The zero-order chi connectivity index (χ0) is 15.0. The normalized spacial score (nSPS) is 10.6. The van der Waals surface area contributed by atoms with Gasteiger partial charge in [0.25, 0.3) is 0 Å². The second-order valence-corrected chi connectivity index (χ2v) is 4.91. The third-order valence-corrected chi connectivity index (χ3v) is 2.93. The average molecular weight is 299 g/mol. The molecular weight excluding hydrogens is 280 g/mol. The molecule has 110 valence electrons. The maximum Gasteiger partial charge on any atom is 0.317 e. The quantitative estimate of drug-likeness (QED) is 0.773. The number of carboxylic acid groups (broad SMARTS) is 1. The molecule has 1 rings (SSSR count). The molecule has 0 aliphatic heterocycles. The fourth-order valence-corrected chi connectivity index (χ4v) is 1.92. The third-order valence-electron chi connectivity index (χ3n) is 2.68. The van der Waals surface area contributed by atoms with Gasteiger partial charge in [-0.25, -0.2) is 0 Å². The van der Waals surface area contributed by atoms with E-state index < -0.39 is 5.97 Å². The zero-order valence-corrected chi connectivity index (χ0v) is 12.2. The van der Waals surface area contributed by atoms with Crippen molar-refractivity contribution in [2.24, 2.45) is 0 Å². The molecule has 0 aromatic heterocycles. The minimum absolute atomic E-state index is 0.0396. The summed E-state index contributed by atoms with van der Waals surface area (Å²) in [6, 6.07) is 6.85. The van der Waals surface area contributed by atoms with Gasteiger partial charge in [0.1, 0.15) is 0 Å². The first-order valence-electron chi connectivity index (χ1n) is 6.51. The van der Waals surface area contributed by atoms with Gasteiger partial charge in [0.15, 0.2) is 0 Å². The second kappa shape index (κ2) is 8.55. The van der Waals surface area contributed by atoms with Crippen LogP contribution in [-0.4, -0.2) is 41.5 Å². The fraction of sp³-hybridized carbons (Fsp3) is 0.429. The number of nitrogens with one attached hydrogen (secondary N) is 1. The zero-order valence-electron chi connectivity index (χ0n) is 11.4. The van der Waals surface area contributed by atoms with E-state index in [2.05, 4.69) is 5.32 Å². The highest BCUT2D eigenvalue weighted by molar-refractivity contribution is 6.30. The summed E-state index contributed by atoms with van der Waals surface area (Å²) in [5.41, 5.74) is 0.680. The minimum atomic E-state index is -0.878. The van der Waals surface area contributed by atoms with Crippen LogP contribution in [0.1, 0.15) is 19.8 Å². The summed E-state index contributed by atoms with van der Waals surface area (Å²) in [5, 5.41) is 12.1. The van der Waals surface area contributed by atoms with Crippen molar-refractivity contribution in [3.05, 3.63) is 29.3 Å². The largest absolute Gasteiger partial charge is 0.480 e. The van der Waals surface area contributed by atoms with Crippen LogP contribution in [0.2, 0.25) is 5.02 Å². The van der Waals surface area contributed by atoms with Gasteiger partial charge < -0.3 is 10.4 Å². The Kier molecular flexibility index (Phi) is 7.04. The summed E-state index contributed by atoms with van der Waals surface area (Å²) in [4.78, 5) is 24.2. The van der Waals surface area contributed by atoms with Gasteiger partial charge >= 0.3 is 5.97 Å². The van der Waals surface area contributed by atoms with E-state index in [1.165, 1.54) is 0 Å². The lowest BCUT2D eigenvalue weighted by atomic mass is 10.3. The molecule has 2 N–H and O–H groups in total. The van der Waals surface area contributed by atoms with E-state index in [0.717, 1.165) is 6.42 Å². The molecule has 1 amide bonds. The monoisotopic (exact) mass is 298 g/mol. The van der Waals surface area contributed by atoms with Crippen LogP contribution in [0.15, 0.2) is 24.3 Å². The summed E-state index contributed by atoms with van der Waals surface area (Å²) in [6.45, 7) is 3.03. The molecule has 0 radical (unpaired) electrons. The number of amides is 1. The van der Waals surface area contributed by atoms with Gasteiger partial charge in [0, 0.05) is 23.7 Å². The summed E-state index contributed by atoms with van der Waals surface area (Å²) in [7, 11) is 0. The van der Waals surface area contributed by atoms with E-state index >= 15 is 0 Å². The smallest absolute Gasteiger partial charge is 0.317 e. The number of carbonyl (C=O) groups is 2. The molecule has 0 aliphatic rings.